The first-order valence-electron chi connectivity index (χ1n) is 23.2. The molecule has 1 nitrogen and oxygen atoms in total. The average Bonchev–Trinajstić information content (AvgIpc) is 3.41. The quantitative estimate of drug-likeness (QED) is 0.144. The molecule has 0 aliphatic rings. The number of para-hydroxylation sites is 1. The summed E-state index contributed by atoms with van der Waals surface area (Å²) in [5.74, 6) is 0. The Morgan fingerprint density at radius 2 is 0.672 bits per heavy atom. The molecular weight excluding hydrogens is 807 g/mol. The molecule has 0 heterocycles. The van der Waals surface area contributed by atoms with Gasteiger partial charge in [-0.2, -0.15) is 0 Å². The van der Waals surface area contributed by atoms with Crippen LogP contribution in [-0.4, -0.2) is 0 Å². The molecule has 13 rings (SSSR count). The molecule has 13 aromatic rings. The van der Waals surface area contributed by atoms with Crippen LogP contribution in [0.3, 0.4) is 0 Å². The van der Waals surface area contributed by atoms with Gasteiger partial charge in [0.1, 0.15) is 0 Å². The van der Waals surface area contributed by atoms with E-state index in [1.54, 1.807) is 0 Å². The number of nitrogens with zero attached hydrogens (tertiary/aromatic N) is 1. The van der Waals surface area contributed by atoms with Crippen LogP contribution in [0, 0.1) is 0 Å². The van der Waals surface area contributed by atoms with Gasteiger partial charge < -0.3 is 4.90 Å². The minimum atomic E-state index is 1.09. The summed E-state index contributed by atoms with van der Waals surface area (Å²) in [5.41, 5.74) is 12.9. The molecule has 13 aromatic carbocycles. The van der Waals surface area contributed by atoms with Crippen molar-refractivity contribution < 1.29 is 0 Å². The van der Waals surface area contributed by atoms with Crippen molar-refractivity contribution in [3.8, 4) is 44.5 Å². The average molecular weight is 850 g/mol. The minimum Gasteiger partial charge on any atom is -0.310 e. The molecule has 0 atom stereocenters. The number of anilines is 3. The van der Waals surface area contributed by atoms with E-state index in [0.717, 1.165) is 28.2 Å². The van der Waals surface area contributed by atoms with E-state index in [0.29, 0.717) is 0 Å². The van der Waals surface area contributed by atoms with Gasteiger partial charge in [-0.05, 0) is 140 Å². The predicted octanol–water partition coefficient (Wildman–Crippen LogP) is 18.7. The lowest BCUT2D eigenvalue weighted by molar-refractivity contribution is 1.29. The van der Waals surface area contributed by atoms with E-state index in [9.17, 15) is 0 Å². The third kappa shape index (κ3) is 6.55. The van der Waals surface area contributed by atoms with E-state index >= 15 is 0 Å². The van der Waals surface area contributed by atoms with Crippen LogP contribution in [0.5, 0.6) is 0 Å². The van der Waals surface area contributed by atoms with Crippen molar-refractivity contribution in [1.82, 2.24) is 0 Å². The van der Waals surface area contributed by atoms with Crippen LogP contribution in [0.25, 0.3) is 109 Å². The molecule has 0 radical (unpaired) electrons. The topological polar surface area (TPSA) is 3.24 Å². The second kappa shape index (κ2) is 16.0. The number of benzene rings is 13. The van der Waals surface area contributed by atoms with Gasteiger partial charge in [0.15, 0.2) is 0 Å². The summed E-state index contributed by atoms with van der Waals surface area (Å²) in [5, 5.41) is 15.0. The standard InChI is InChI=1S/C66H43N/c1-3-18-47(19-4-1)65-62-26-12-11-25-59(62)61-40-35-50(43-63(61)66(65)48-20-5-2-6-21-48)57-24-13-14-29-64(57)67(52-38-41-56-49(42-52)31-30-44-16-7-9-22-53(44)56)51-36-32-46(33-37-51)55-27-15-28-58-54-23-10-8-17-45(54)34-39-60(55)58/h1-43H. The summed E-state index contributed by atoms with van der Waals surface area (Å²) in [7, 11) is 0. The number of hydrogen-bond acceptors (Lipinski definition) is 1. The van der Waals surface area contributed by atoms with Gasteiger partial charge in [0, 0.05) is 16.9 Å². The molecule has 0 fully saturated rings. The molecule has 0 bridgehead atoms. The highest BCUT2D eigenvalue weighted by Crippen LogP contribution is 2.48. The molecule has 0 saturated carbocycles. The number of rotatable bonds is 7. The second-order valence-electron chi connectivity index (χ2n) is 17.6. The van der Waals surface area contributed by atoms with Crippen LogP contribution >= 0.6 is 0 Å². The molecule has 0 N–H and O–H groups in total. The number of hydrogen-bond donors (Lipinski definition) is 0. The van der Waals surface area contributed by atoms with Crippen LogP contribution < -0.4 is 4.90 Å². The van der Waals surface area contributed by atoms with Crippen LogP contribution in [0.2, 0.25) is 0 Å². The maximum absolute atomic E-state index is 2.45. The van der Waals surface area contributed by atoms with Crippen molar-refractivity contribution in [2.45, 2.75) is 0 Å². The molecule has 0 spiro atoms. The van der Waals surface area contributed by atoms with Gasteiger partial charge in [0.05, 0.1) is 5.69 Å². The van der Waals surface area contributed by atoms with Crippen LogP contribution in [-0.2, 0) is 0 Å². The van der Waals surface area contributed by atoms with Gasteiger partial charge in [-0.1, -0.05) is 224 Å². The molecule has 67 heavy (non-hydrogen) atoms. The summed E-state index contributed by atoms with van der Waals surface area (Å²) in [6.07, 6.45) is 0. The van der Waals surface area contributed by atoms with Crippen molar-refractivity contribution in [1.29, 1.82) is 0 Å². The van der Waals surface area contributed by atoms with Gasteiger partial charge in [0.2, 0.25) is 0 Å². The Morgan fingerprint density at radius 1 is 0.209 bits per heavy atom. The van der Waals surface area contributed by atoms with E-state index in [-0.39, 0.29) is 0 Å². The van der Waals surface area contributed by atoms with Crippen LogP contribution in [0.1, 0.15) is 0 Å². The normalized spacial score (nSPS) is 11.6. The van der Waals surface area contributed by atoms with Crippen molar-refractivity contribution in [2.75, 3.05) is 4.90 Å². The smallest absolute Gasteiger partial charge is 0.0540 e. The number of fused-ring (bicyclic) bond motifs is 9. The van der Waals surface area contributed by atoms with E-state index in [1.807, 2.05) is 0 Å². The fourth-order valence-electron chi connectivity index (χ4n) is 10.7. The zero-order chi connectivity index (χ0) is 44.3. The molecule has 0 unspecified atom stereocenters. The Kier molecular flexibility index (Phi) is 9.25. The van der Waals surface area contributed by atoms with Gasteiger partial charge in [-0.25, -0.2) is 0 Å². The van der Waals surface area contributed by atoms with E-state index in [1.165, 1.54) is 98.0 Å². The second-order valence-corrected chi connectivity index (χ2v) is 17.6. The van der Waals surface area contributed by atoms with Crippen molar-refractivity contribution in [3.63, 3.8) is 0 Å². The molecule has 0 aliphatic carbocycles. The zero-order valence-corrected chi connectivity index (χ0v) is 36.8. The monoisotopic (exact) mass is 849 g/mol. The summed E-state index contributed by atoms with van der Waals surface area (Å²) in [6.45, 7) is 0. The van der Waals surface area contributed by atoms with Crippen LogP contribution in [0.15, 0.2) is 261 Å². The summed E-state index contributed by atoms with van der Waals surface area (Å²) < 4.78 is 0. The van der Waals surface area contributed by atoms with Crippen LogP contribution in [0.4, 0.5) is 17.1 Å². The summed E-state index contributed by atoms with van der Waals surface area (Å²) in [6, 6.07) is 96.0. The molecule has 0 aliphatic heterocycles. The first-order chi connectivity index (χ1) is 33.2. The predicted molar refractivity (Wildman–Crippen MR) is 288 cm³/mol. The van der Waals surface area contributed by atoms with Crippen molar-refractivity contribution in [3.05, 3.63) is 261 Å². The highest BCUT2D eigenvalue weighted by Gasteiger charge is 2.22. The summed E-state index contributed by atoms with van der Waals surface area (Å²) in [4.78, 5) is 2.45. The Morgan fingerprint density at radius 3 is 1.42 bits per heavy atom. The van der Waals surface area contributed by atoms with Crippen molar-refractivity contribution >= 4 is 81.7 Å². The highest BCUT2D eigenvalue weighted by atomic mass is 15.1. The Bertz CT molecular complexity index is 4020. The minimum absolute atomic E-state index is 1.09. The third-order valence-electron chi connectivity index (χ3n) is 13.8. The lowest BCUT2D eigenvalue weighted by Crippen LogP contribution is -2.11. The molecule has 312 valence electrons. The Hall–Kier alpha value is -8.78. The Balaban J connectivity index is 1.02. The maximum atomic E-state index is 2.45. The van der Waals surface area contributed by atoms with Gasteiger partial charge >= 0.3 is 0 Å². The largest absolute Gasteiger partial charge is 0.310 e. The zero-order valence-electron chi connectivity index (χ0n) is 36.8. The van der Waals surface area contributed by atoms with Gasteiger partial charge in [0.25, 0.3) is 0 Å². The fourth-order valence-corrected chi connectivity index (χ4v) is 10.7. The van der Waals surface area contributed by atoms with Gasteiger partial charge in [-0.3, -0.25) is 0 Å². The first kappa shape index (κ1) is 38.7. The Labute approximate surface area is 390 Å². The lowest BCUT2D eigenvalue weighted by atomic mass is 9.84. The fraction of sp³-hybridized carbons (Fsp3) is 0. The SMILES string of the molecule is c1ccc(-c2c(-c3ccccc3)c3cc(-c4ccccc4N(c4ccc(-c5cccc6c5ccc5ccccc56)cc4)c4ccc5c(ccc6ccccc65)c4)ccc3c3ccccc23)cc1. The van der Waals surface area contributed by atoms with E-state index < -0.39 is 0 Å². The molecule has 0 aromatic heterocycles. The summed E-state index contributed by atoms with van der Waals surface area (Å²) >= 11 is 0. The molecule has 1 heteroatoms. The molecule has 0 amide bonds. The van der Waals surface area contributed by atoms with E-state index in [2.05, 4.69) is 266 Å². The van der Waals surface area contributed by atoms with Crippen molar-refractivity contribution in [2.24, 2.45) is 0 Å². The molecular formula is C66H43N. The third-order valence-corrected chi connectivity index (χ3v) is 13.8. The maximum Gasteiger partial charge on any atom is 0.0540 e. The van der Waals surface area contributed by atoms with Gasteiger partial charge in [-0.15, -0.1) is 0 Å². The lowest BCUT2D eigenvalue weighted by Gasteiger charge is -2.29. The molecule has 0 saturated heterocycles. The van der Waals surface area contributed by atoms with E-state index in [4.69, 9.17) is 0 Å². The first-order valence-corrected chi connectivity index (χ1v) is 23.2. The highest BCUT2D eigenvalue weighted by molar-refractivity contribution is 6.22.